The van der Waals surface area contributed by atoms with Gasteiger partial charge in [-0.15, -0.1) is 0 Å². The van der Waals surface area contributed by atoms with Crippen molar-refractivity contribution < 1.29 is 4.74 Å². The quantitative estimate of drug-likeness (QED) is 0.818. The fourth-order valence-corrected chi connectivity index (χ4v) is 3.69. The Bertz CT molecular complexity index is 868. The summed E-state index contributed by atoms with van der Waals surface area (Å²) in [6.45, 7) is 8.61. The van der Waals surface area contributed by atoms with Gasteiger partial charge in [-0.2, -0.15) is 5.26 Å². The molecule has 3 N–H and O–H groups in total. The van der Waals surface area contributed by atoms with Crippen LogP contribution in [0.4, 0.5) is 5.82 Å². The van der Waals surface area contributed by atoms with Crippen molar-refractivity contribution in [2.24, 2.45) is 0 Å². The molecular weight excluding hydrogens is 338 g/mol. The van der Waals surface area contributed by atoms with Crippen LogP contribution in [0.5, 0.6) is 5.75 Å². The summed E-state index contributed by atoms with van der Waals surface area (Å²) in [5, 5.41) is 13.1. The summed E-state index contributed by atoms with van der Waals surface area (Å²) >= 11 is 0. The van der Waals surface area contributed by atoms with Gasteiger partial charge in [0, 0.05) is 42.9 Å². The number of methoxy groups -OCH3 is 1. The monoisotopic (exact) mass is 365 g/mol. The van der Waals surface area contributed by atoms with Gasteiger partial charge in [0.05, 0.1) is 7.11 Å². The van der Waals surface area contributed by atoms with Gasteiger partial charge in [-0.25, -0.2) is 4.98 Å². The summed E-state index contributed by atoms with van der Waals surface area (Å²) in [7, 11) is 1.69. The molecule has 3 rings (SSSR count). The third-order valence-corrected chi connectivity index (χ3v) is 5.22. The summed E-state index contributed by atoms with van der Waals surface area (Å²) in [4.78, 5) is 6.82. The predicted octanol–water partition coefficient (Wildman–Crippen LogP) is 2.70. The van der Waals surface area contributed by atoms with Crippen molar-refractivity contribution in [3.8, 4) is 22.9 Å². The number of anilines is 1. The smallest absolute Gasteiger partial charge is 0.142 e. The van der Waals surface area contributed by atoms with Crippen molar-refractivity contribution >= 4 is 5.82 Å². The molecule has 0 aliphatic carbocycles. The maximum atomic E-state index is 9.73. The molecule has 0 amide bonds. The minimum Gasteiger partial charge on any atom is -0.496 e. The molecule has 0 spiro atoms. The Labute approximate surface area is 161 Å². The number of nitriles is 1. The molecule has 2 aromatic rings. The lowest BCUT2D eigenvalue weighted by Gasteiger charge is -2.23. The second-order valence-corrected chi connectivity index (χ2v) is 6.70. The fraction of sp³-hybridized carbons (Fsp3) is 0.429. The molecule has 0 unspecified atom stereocenters. The molecule has 1 aliphatic rings. The Kier molecular flexibility index (Phi) is 5.94. The molecule has 0 radical (unpaired) electrons. The number of hydrogen-bond acceptors (Lipinski definition) is 6. The summed E-state index contributed by atoms with van der Waals surface area (Å²) < 4.78 is 5.58. The number of ether oxygens (including phenoxy) is 1. The summed E-state index contributed by atoms with van der Waals surface area (Å²) in [5.74, 6) is 1.17. The lowest BCUT2D eigenvalue weighted by molar-refractivity contribution is 0.289. The third kappa shape index (κ3) is 3.75. The van der Waals surface area contributed by atoms with Crippen LogP contribution in [0.25, 0.3) is 11.1 Å². The maximum Gasteiger partial charge on any atom is 0.142 e. The topological polar surface area (TPSA) is 87.2 Å². The fourth-order valence-electron chi connectivity index (χ4n) is 3.69. The van der Waals surface area contributed by atoms with Crippen LogP contribution in [0.1, 0.15) is 36.2 Å². The molecule has 6 heteroatoms. The zero-order chi connectivity index (χ0) is 19.4. The molecule has 27 heavy (non-hydrogen) atoms. The van der Waals surface area contributed by atoms with Gasteiger partial charge in [0.25, 0.3) is 0 Å². The van der Waals surface area contributed by atoms with Crippen molar-refractivity contribution in [1.29, 1.82) is 5.26 Å². The number of fused-ring (bicyclic) bond motifs is 1. The van der Waals surface area contributed by atoms with E-state index in [1.165, 1.54) is 0 Å². The SMILES string of the molecule is CCN(CC)Cc1cc(-c2c(C#N)c(N)nc3c2CNCC3)ccc1OC. The van der Waals surface area contributed by atoms with E-state index < -0.39 is 0 Å². The largest absolute Gasteiger partial charge is 0.496 e. The van der Waals surface area contributed by atoms with E-state index in [0.717, 1.165) is 66.3 Å². The molecular formula is C21H27N5O. The van der Waals surface area contributed by atoms with Gasteiger partial charge >= 0.3 is 0 Å². The van der Waals surface area contributed by atoms with Gasteiger partial charge in [-0.3, -0.25) is 4.90 Å². The van der Waals surface area contributed by atoms with Gasteiger partial charge in [-0.1, -0.05) is 19.9 Å². The molecule has 0 bridgehead atoms. The van der Waals surface area contributed by atoms with E-state index in [2.05, 4.69) is 41.2 Å². The van der Waals surface area contributed by atoms with Crippen LogP contribution in [0.2, 0.25) is 0 Å². The highest BCUT2D eigenvalue weighted by molar-refractivity contribution is 5.80. The van der Waals surface area contributed by atoms with Gasteiger partial charge in [0.2, 0.25) is 0 Å². The normalized spacial score (nSPS) is 13.3. The molecule has 1 aromatic carbocycles. The van der Waals surface area contributed by atoms with E-state index in [0.29, 0.717) is 17.9 Å². The second kappa shape index (κ2) is 8.38. The average Bonchev–Trinajstić information content (AvgIpc) is 2.70. The van der Waals surface area contributed by atoms with Crippen LogP contribution < -0.4 is 15.8 Å². The number of rotatable bonds is 6. The molecule has 0 saturated carbocycles. The van der Waals surface area contributed by atoms with Gasteiger partial charge in [0.15, 0.2) is 0 Å². The third-order valence-electron chi connectivity index (χ3n) is 5.22. The Morgan fingerprint density at radius 1 is 1.33 bits per heavy atom. The van der Waals surface area contributed by atoms with Gasteiger partial charge in [0.1, 0.15) is 23.2 Å². The molecule has 0 atom stereocenters. The number of nitrogens with two attached hydrogens (primary N) is 1. The number of hydrogen-bond donors (Lipinski definition) is 2. The van der Waals surface area contributed by atoms with Crippen LogP contribution >= 0.6 is 0 Å². The summed E-state index contributed by atoms with van der Waals surface area (Å²) in [6, 6.07) is 8.38. The van der Waals surface area contributed by atoms with Crippen molar-refractivity contribution in [3.63, 3.8) is 0 Å². The molecule has 0 saturated heterocycles. The maximum absolute atomic E-state index is 9.73. The van der Waals surface area contributed by atoms with E-state index in [-0.39, 0.29) is 0 Å². The van der Waals surface area contributed by atoms with Crippen molar-refractivity contribution in [1.82, 2.24) is 15.2 Å². The summed E-state index contributed by atoms with van der Waals surface area (Å²) in [6.07, 6.45) is 0.820. The minimum atomic E-state index is 0.314. The number of nitrogens with one attached hydrogen (secondary N) is 1. The van der Waals surface area contributed by atoms with Gasteiger partial charge < -0.3 is 15.8 Å². The van der Waals surface area contributed by atoms with Crippen LogP contribution in [0.3, 0.4) is 0 Å². The molecule has 2 heterocycles. The van der Waals surface area contributed by atoms with E-state index in [1.54, 1.807) is 7.11 Å². The summed E-state index contributed by atoms with van der Waals surface area (Å²) in [5.41, 5.74) is 11.6. The Morgan fingerprint density at radius 3 is 2.78 bits per heavy atom. The Morgan fingerprint density at radius 2 is 2.11 bits per heavy atom. The highest BCUT2D eigenvalue weighted by atomic mass is 16.5. The molecule has 1 aliphatic heterocycles. The van der Waals surface area contributed by atoms with E-state index in [4.69, 9.17) is 10.5 Å². The van der Waals surface area contributed by atoms with Crippen LogP contribution in [-0.4, -0.2) is 36.6 Å². The minimum absolute atomic E-state index is 0.314. The second-order valence-electron chi connectivity index (χ2n) is 6.70. The van der Waals surface area contributed by atoms with Crippen LogP contribution in [0, 0.1) is 11.3 Å². The number of nitrogens with zero attached hydrogens (tertiary/aromatic N) is 3. The predicted molar refractivity (Wildman–Crippen MR) is 107 cm³/mol. The first-order chi connectivity index (χ1) is 13.1. The first kappa shape index (κ1) is 19.2. The highest BCUT2D eigenvalue weighted by Crippen LogP contribution is 2.36. The molecule has 142 valence electrons. The molecule has 1 aromatic heterocycles. The first-order valence-corrected chi connectivity index (χ1v) is 9.44. The van der Waals surface area contributed by atoms with Gasteiger partial charge in [-0.05, 0) is 36.3 Å². The number of pyridine rings is 1. The number of benzene rings is 1. The van der Waals surface area contributed by atoms with Crippen molar-refractivity contribution in [2.75, 3.05) is 32.5 Å². The zero-order valence-corrected chi connectivity index (χ0v) is 16.3. The van der Waals surface area contributed by atoms with Crippen LogP contribution in [0.15, 0.2) is 18.2 Å². The molecule has 6 nitrogen and oxygen atoms in total. The van der Waals surface area contributed by atoms with Crippen molar-refractivity contribution in [3.05, 3.63) is 40.6 Å². The number of aromatic nitrogens is 1. The highest BCUT2D eigenvalue weighted by Gasteiger charge is 2.22. The van der Waals surface area contributed by atoms with E-state index >= 15 is 0 Å². The Balaban J connectivity index is 2.17. The molecule has 0 fully saturated rings. The zero-order valence-electron chi connectivity index (χ0n) is 16.3. The van der Waals surface area contributed by atoms with E-state index in [9.17, 15) is 5.26 Å². The van der Waals surface area contributed by atoms with Crippen molar-refractivity contribution in [2.45, 2.75) is 33.4 Å². The standard InChI is InChI=1S/C21H27N5O/c1-4-26(5-2)13-15-10-14(6-7-19(15)27-3)20-16(11-22)21(23)25-18-8-9-24-12-17(18)20/h6-7,10,24H,4-5,8-9,12-13H2,1-3H3,(H2,23,25). The number of nitrogen functional groups attached to an aromatic ring is 1. The van der Waals surface area contributed by atoms with E-state index in [1.807, 2.05) is 12.1 Å². The first-order valence-electron chi connectivity index (χ1n) is 9.44. The average molecular weight is 365 g/mol. The Hall–Kier alpha value is -2.62. The lowest BCUT2D eigenvalue weighted by Crippen LogP contribution is -2.26. The lowest BCUT2D eigenvalue weighted by atomic mass is 9.90. The van der Waals surface area contributed by atoms with Crippen LogP contribution in [-0.2, 0) is 19.5 Å².